The van der Waals surface area contributed by atoms with Crippen LogP contribution >= 0.6 is 11.3 Å². The molecule has 0 unspecified atom stereocenters. The van der Waals surface area contributed by atoms with Crippen molar-refractivity contribution in [1.82, 2.24) is 15.1 Å². The van der Waals surface area contributed by atoms with Gasteiger partial charge in [-0.15, -0.1) is 11.3 Å². The highest BCUT2D eigenvalue weighted by Gasteiger charge is 2.26. The summed E-state index contributed by atoms with van der Waals surface area (Å²) in [6.07, 6.45) is 2.08. The molecule has 27 heavy (non-hydrogen) atoms. The van der Waals surface area contributed by atoms with Crippen molar-refractivity contribution in [3.8, 4) is 17.0 Å². The van der Waals surface area contributed by atoms with Gasteiger partial charge in [0.05, 0.1) is 17.8 Å². The molecule has 1 saturated heterocycles. The summed E-state index contributed by atoms with van der Waals surface area (Å²) in [6.45, 7) is 5.97. The normalized spacial score (nSPS) is 15.5. The standard InChI is InChI=1S/C20H24N4O2S/c1-13(2)18-22-20(26-23-18)24-10-8-14(9-11-24)19-21-16(12-27-19)15-6-4-5-7-17(15)25-3/h4-7,12-14H,8-11H2,1-3H3. The Morgan fingerprint density at radius 3 is 2.67 bits per heavy atom. The summed E-state index contributed by atoms with van der Waals surface area (Å²) in [7, 11) is 1.70. The Kier molecular flexibility index (Phi) is 5.11. The van der Waals surface area contributed by atoms with Gasteiger partial charge < -0.3 is 14.2 Å². The maximum absolute atomic E-state index is 5.47. The summed E-state index contributed by atoms with van der Waals surface area (Å²) in [4.78, 5) is 11.6. The van der Waals surface area contributed by atoms with E-state index in [2.05, 4.69) is 40.3 Å². The van der Waals surface area contributed by atoms with Gasteiger partial charge in [-0.3, -0.25) is 0 Å². The van der Waals surface area contributed by atoms with Crippen LogP contribution in [-0.4, -0.2) is 35.3 Å². The number of hydrogen-bond acceptors (Lipinski definition) is 7. The van der Waals surface area contributed by atoms with E-state index in [9.17, 15) is 0 Å². The van der Waals surface area contributed by atoms with Gasteiger partial charge in [-0.05, 0) is 25.0 Å². The summed E-state index contributed by atoms with van der Waals surface area (Å²) in [6, 6.07) is 8.68. The van der Waals surface area contributed by atoms with Gasteiger partial charge >= 0.3 is 6.01 Å². The first-order valence-electron chi connectivity index (χ1n) is 9.33. The van der Waals surface area contributed by atoms with E-state index in [0.717, 1.165) is 48.8 Å². The molecule has 1 aromatic carbocycles. The Morgan fingerprint density at radius 2 is 1.96 bits per heavy atom. The quantitative estimate of drug-likeness (QED) is 0.635. The van der Waals surface area contributed by atoms with Gasteiger partial charge in [-0.1, -0.05) is 31.1 Å². The van der Waals surface area contributed by atoms with Crippen LogP contribution in [0.3, 0.4) is 0 Å². The smallest absolute Gasteiger partial charge is 0.324 e. The van der Waals surface area contributed by atoms with E-state index in [1.807, 2.05) is 18.2 Å². The number of anilines is 1. The number of rotatable bonds is 5. The third kappa shape index (κ3) is 3.69. The molecule has 4 rings (SSSR count). The van der Waals surface area contributed by atoms with Crippen molar-refractivity contribution in [1.29, 1.82) is 0 Å². The number of piperidine rings is 1. The minimum Gasteiger partial charge on any atom is -0.496 e. The number of methoxy groups -OCH3 is 1. The summed E-state index contributed by atoms with van der Waals surface area (Å²) in [5.41, 5.74) is 2.04. The molecule has 7 heteroatoms. The molecule has 1 fully saturated rings. The van der Waals surface area contributed by atoms with Crippen LogP contribution in [0.15, 0.2) is 34.2 Å². The highest BCUT2D eigenvalue weighted by atomic mass is 32.1. The molecule has 142 valence electrons. The predicted molar refractivity (Wildman–Crippen MR) is 107 cm³/mol. The van der Waals surface area contributed by atoms with Gasteiger partial charge in [0.2, 0.25) is 0 Å². The van der Waals surface area contributed by atoms with Crippen molar-refractivity contribution in [2.24, 2.45) is 0 Å². The summed E-state index contributed by atoms with van der Waals surface area (Å²) >= 11 is 1.74. The molecule has 1 aliphatic heterocycles. The largest absolute Gasteiger partial charge is 0.496 e. The van der Waals surface area contributed by atoms with E-state index < -0.39 is 0 Å². The number of aromatic nitrogens is 3. The molecule has 0 radical (unpaired) electrons. The van der Waals surface area contributed by atoms with Crippen molar-refractivity contribution in [2.75, 3.05) is 25.1 Å². The van der Waals surface area contributed by atoms with Crippen LogP contribution in [-0.2, 0) is 0 Å². The molecule has 0 atom stereocenters. The third-order valence-electron chi connectivity index (χ3n) is 4.97. The second-order valence-corrected chi connectivity index (χ2v) is 8.01. The van der Waals surface area contributed by atoms with Crippen molar-refractivity contribution >= 4 is 17.4 Å². The van der Waals surface area contributed by atoms with Crippen LogP contribution in [0.2, 0.25) is 0 Å². The Labute approximate surface area is 163 Å². The lowest BCUT2D eigenvalue weighted by Gasteiger charge is -2.29. The van der Waals surface area contributed by atoms with Gasteiger partial charge in [0, 0.05) is 35.9 Å². The molecule has 1 aliphatic rings. The lowest BCUT2D eigenvalue weighted by molar-refractivity contribution is 0.387. The fourth-order valence-corrected chi connectivity index (χ4v) is 4.35. The number of para-hydroxylation sites is 1. The Morgan fingerprint density at radius 1 is 1.19 bits per heavy atom. The minimum absolute atomic E-state index is 0.281. The number of thiazole rings is 1. The van der Waals surface area contributed by atoms with Crippen LogP contribution in [0.4, 0.5) is 6.01 Å². The predicted octanol–water partition coefficient (Wildman–Crippen LogP) is 4.71. The average Bonchev–Trinajstić information content (AvgIpc) is 3.38. The zero-order valence-corrected chi connectivity index (χ0v) is 16.7. The number of benzene rings is 1. The van der Waals surface area contributed by atoms with Gasteiger partial charge in [-0.2, -0.15) is 4.98 Å². The van der Waals surface area contributed by atoms with E-state index >= 15 is 0 Å². The van der Waals surface area contributed by atoms with Crippen molar-refractivity contribution in [3.05, 3.63) is 40.5 Å². The zero-order valence-electron chi connectivity index (χ0n) is 15.9. The first-order chi connectivity index (χ1) is 13.2. The maximum Gasteiger partial charge on any atom is 0.324 e. The maximum atomic E-state index is 5.47. The van der Waals surface area contributed by atoms with Gasteiger partial charge in [0.15, 0.2) is 5.82 Å². The molecule has 0 N–H and O–H groups in total. The second kappa shape index (κ2) is 7.68. The second-order valence-electron chi connectivity index (χ2n) is 7.12. The molecule has 2 aromatic heterocycles. The van der Waals surface area contributed by atoms with Crippen LogP contribution in [0.5, 0.6) is 5.75 Å². The lowest BCUT2D eigenvalue weighted by atomic mass is 9.98. The van der Waals surface area contributed by atoms with E-state index in [0.29, 0.717) is 11.9 Å². The SMILES string of the molecule is COc1ccccc1-c1csc(C2CCN(c3nc(C(C)C)no3)CC2)n1. The van der Waals surface area contributed by atoms with Gasteiger partial charge in [-0.25, -0.2) is 4.98 Å². The number of ether oxygens (including phenoxy) is 1. The minimum atomic E-state index is 0.281. The molecule has 0 amide bonds. The molecule has 0 saturated carbocycles. The Hall–Kier alpha value is -2.41. The van der Waals surface area contributed by atoms with Gasteiger partial charge in [0.25, 0.3) is 0 Å². The number of hydrogen-bond donors (Lipinski definition) is 0. The van der Waals surface area contributed by atoms with Crippen molar-refractivity contribution < 1.29 is 9.26 Å². The summed E-state index contributed by atoms with van der Waals surface area (Å²) in [5.74, 6) is 2.39. The lowest BCUT2D eigenvalue weighted by Crippen LogP contribution is -2.33. The van der Waals surface area contributed by atoms with Gasteiger partial charge in [0.1, 0.15) is 5.75 Å². The fourth-order valence-electron chi connectivity index (χ4n) is 3.36. The summed E-state index contributed by atoms with van der Waals surface area (Å²) < 4.78 is 10.9. The summed E-state index contributed by atoms with van der Waals surface area (Å²) in [5, 5.41) is 7.40. The zero-order chi connectivity index (χ0) is 18.8. The van der Waals surface area contributed by atoms with Crippen LogP contribution in [0.1, 0.15) is 49.4 Å². The Bertz CT molecular complexity index is 897. The first-order valence-corrected chi connectivity index (χ1v) is 10.2. The van der Waals surface area contributed by atoms with E-state index in [4.69, 9.17) is 14.2 Å². The molecule has 3 aromatic rings. The Balaban J connectivity index is 1.43. The molecule has 6 nitrogen and oxygen atoms in total. The third-order valence-corrected chi connectivity index (χ3v) is 5.97. The van der Waals surface area contributed by atoms with E-state index in [1.165, 1.54) is 5.01 Å². The van der Waals surface area contributed by atoms with Crippen LogP contribution < -0.4 is 9.64 Å². The van der Waals surface area contributed by atoms with Crippen LogP contribution in [0, 0.1) is 0 Å². The van der Waals surface area contributed by atoms with Crippen molar-refractivity contribution in [2.45, 2.75) is 38.5 Å². The molecule has 0 aliphatic carbocycles. The van der Waals surface area contributed by atoms with Crippen molar-refractivity contribution in [3.63, 3.8) is 0 Å². The molecule has 3 heterocycles. The average molecular weight is 385 g/mol. The number of nitrogens with zero attached hydrogens (tertiary/aromatic N) is 4. The van der Waals surface area contributed by atoms with E-state index in [1.54, 1.807) is 18.4 Å². The highest BCUT2D eigenvalue weighted by molar-refractivity contribution is 7.10. The first kappa shape index (κ1) is 18.0. The molecular formula is C20H24N4O2S. The fraction of sp³-hybridized carbons (Fsp3) is 0.450. The topological polar surface area (TPSA) is 64.3 Å². The monoisotopic (exact) mass is 384 g/mol. The van der Waals surface area contributed by atoms with E-state index in [-0.39, 0.29) is 5.92 Å². The highest BCUT2D eigenvalue weighted by Crippen LogP contribution is 2.36. The molecule has 0 bridgehead atoms. The molecular weight excluding hydrogens is 360 g/mol. The van der Waals surface area contributed by atoms with Crippen LogP contribution in [0.25, 0.3) is 11.3 Å². The molecule has 0 spiro atoms.